The lowest BCUT2D eigenvalue weighted by Gasteiger charge is -2.19. The first-order chi connectivity index (χ1) is 7.78. The third-order valence-corrected chi connectivity index (χ3v) is 1.63. The molecule has 0 heterocycles. The SMILES string of the molecule is CC(C)(C)OC(=O)Nc1c[c]cc([N+](=O)[O-])c1. The Morgan fingerprint density at radius 3 is 2.65 bits per heavy atom. The largest absolute Gasteiger partial charge is 0.444 e. The maximum atomic E-state index is 11.4. The van der Waals surface area contributed by atoms with Crippen LogP contribution < -0.4 is 5.32 Å². The lowest BCUT2D eigenvalue weighted by atomic mass is 10.2. The molecule has 1 rings (SSSR count). The molecule has 0 saturated carbocycles. The van der Waals surface area contributed by atoms with Gasteiger partial charge < -0.3 is 4.74 Å². The maximum absolute atomic E-state index is 11.4. The molecule has 0 aliphatic heterocycles. The molecule has 0 unspecified atom stereocenters. The van der Waals surface area contributed by atoms with Gasteiger partial charge in [0.25, 0.3) is 5.69 Å². The van der Waals surface area contributed by atoms with E-state index in [9.17, 15) is 14.9 Å². The molecule has 0 aromatic heterocycles. The topological polar surface area (TPSA) is 81.5 Å². The Morgan fingerprint density at radius 1 is 1.47 bits per heavy atom. The standard InChI is InChI=1S/C11H13N2O4/c1-11(2,3)17-10(14)12-8-5-4-6-9(7-8)13(15)16/h5-7H,1-3H3,(H,12,14). The molecule has 1 aromatic carbocycles. The molecule has 91 valence electrons. The van der Waals surface area contributed by atoms with Gasteiger partial charge in [0.15, 0.2) is 0 Å². The fourth-order valence-corrected chi connectivity index (χ4v) is 1.06. The zero-order valence-electron chi connectivity index (χ0n) is 9.81. The van der Waals surface area contributed by atoms with Gasteiger partial charge in [-0.1, -0.05) is 0 Å². The molecule has 6 nitrogen and oxygen atoms in total. The number of hydrogen-bond acceptors (Lipinski definition) is 4. The number of rotatable bonds is 2. The Balaban J connectivity index is 2.72. The summed E-state index contributed by atoms with van der Waals surface area (Å²) in [5.41, 5.74) is -0.485. The fourth-order valence-electron chi connectivity index (χ4n) is 1.06. The number of benzene rings is 1. The van der Waals surface area contributed by atoms with Gasteiger partial charge in [0, 0.05) is 12.1 Å². The highest BCUT2D eigenvalue weighted by Crippen LogP contribution is 2.17. The summed E-state index contributed by atoms with van der Waals surface area (Å²) in [5, 5.41) is 12.9. The Hall–Kier alpha value is -2.11. The summed E-state index contributed by atoms with van der Waals surface area (Å²) in [6.45, 7) is 5.18. The second-order valence-electron chi connectivity index (χ2n) is 4.36. The van der Waals surface area contributed by atoms with Crippen molar-refractivity contribution in [1.82, 2.24) is 0 Å². The van der Waals surface area contributed by atoms with Crippen LogP contribution in [0, 0.1) is 16.2 Å². The molecule has 1 N–H and O–H groups in total. The second-order valence-corrected chi connectivity index (χ2v) is 4.36. The zero-order valence-corrected chi connectivity index (χ0v) is 9.81. The number of anilines is 1. The number of nitro groups is 1. The molecule has 0 spiro atoms. The molecule has 0 atom stereocenters. The van der Waals surface area contributed by atoms with Crippen molar-refractivity contribution in [3.8, 4) is 0 Å². The molecule has 0 bridgehead atoms. The number of non-ortho nitro benzene ring substituents is 1. The third-order valence-electron chi connectivity index (χ3n) is 1.63. The van der Waals surface area contributed by atoms with E-state index in [1.165, 1.54) is 18.2 Å². The normalized spacial score (nSPS) is 10.8. The van der Waals surface area contributed by atoms with Crippen LogP contribution in [0.4, 0.5) is 16.2 Å². The lowest BCUT2D eigenvalue weighted by molar-refractivity contribution is -0.384. The lowest BCUT2D eigenvalue weighted by Crippen LogP contribution is -2.27. The van der Waals surface area contributed by atoms with Crippen LogP contribution >= 0.6 is 0 Å². The molecule has 0 aliphatic carbocycles. The number of hydrogen-bond donors (Lipinski definition) is 1. The van der Waals surface area contributed by atoms with Crippen molar-refractivity contribution >= 4 is 17.5 Å². The first kappa shape index (κ1) is 13.0. The van der Waals surface area contributed by atoms with E-state index in [-0.39, 0.29) is 11.4 Å². The first-order valence-electron chi connectivity index (χ1n) is 4.93. The van der Waals surface area contributed by atoms with Gasteiger partial charge in [-0.15, -0.1) is 0 Å². The Labute approximate surface area is 98.7 Å². The monoisotopic (exact) mass is 237 g/mol. The highest BCUT2D eigenvalue weighted by molar-refractivity contribution is 5.85. The molecule has 17 heavy (non-hydrogen) atoms. The number of nitrogens with one attached hydrogen (secondary N) is 1. The smallest absolute Gasteiger partial charge is 0.412 e. The number of amides is 1. The maximum Gasteiger partial charge on any atom is 0.412 e. The number of nitrogens with zero attached hydrogens (tertiary/aromatic N) is 1. The molecule has 0 aliphatic rings. The Kier molecular flexibility index (Phi) is 3.67. The van der Waals surface area contributed by atoms with Crippen molar-refractivity contribution in [1.29, 1.82) is 0 Å². The minimum atomic E-state index is -0.661. The minimum absolute atomic E-state index is 0.140. The molecule has 1 aromatic rings. The average molecular weight is 237 g/mol. The Morgan fingerprint density at radius 2 is 2.12 bits per heavy atom. The number of ether oxygens (including phenoxy) is 1. The highest BCUT2D eigenvalue weighted by atomic mass is 16.6. The highest BCUT2D eigenvalue weighted by Gasteiger charge is 2.16. The quantitative estimate of drug-likeness (QED) is 0.633. The molecular weight excluding hydrogens is 224 g/mol. The van der Waals surface area contributed by atoms with Gasteiger partial charge in [-0.25, -0.2) is 4.79 Å². The van der Waals surface area contributed by atoms with E-state index < -0.39 is 16.6 Å². The van der Waals surface area contributed by atoms with Crippen LogP contribution in [-0.2, 0) is 4.74 Å². The molecular formula is C11H13N2O4. The molecule has 0 fully saturated rings. The van der Waals surface area contributed by atoms with Crippen molar-refractivity contribution in [2.24, 2.45) is 0 Å². The summed E-state index contributed by atoms with van der Waals surface area (Å²) in [6.07, 6.45) is -0.661. The molecule has 1 radical (unpaired) electrons. The third kappa shape index (κ3) is 4.50. The van der Waals surface area contributed by atoms with Gasteiger partial charge in [0.05, 0.1) is 10.6 Å². The van der Waals surface area contributed by atoms with Crippen LogP contribution in [0.25, 0.3) is 0 Å². The number of nitro benzene ring substituents is 1. The van der Waals surface area contributed by atoms with Gasteiger partial charge in [-0.2, -0.15) is 0 Å². The van der Waals surface area contributed by atoms with Crippen LogP contribution in [0.3, 0.4) is 0 Å². The second kappa shape index (κ2) is 4.82. The van der Waals surface area contributed by atoms with Gasteiger partial charge in [-0.3, -0.25) is 15.4 Å². The van der Waals surface area contributed by atoms with E-state index in [0.717, 1.165) is 0 Å². The van der Waals surface area contributed by atoms with Crippen LogP contribution in [-0.4, -0.2) is 16.6 Å². The number of carbonyl (C=O) groups is 1. The van der Waals surface area contributed by atoms with E-state index in [2.05, 4.69) is 11.4 Å². The van der Waals surface area contributed by atoms with E-state index in [1.54, 1.807) is 20.8 Å². The summed E-state index contributed by atoms with van der Waals surface area (Å²) in [7, 11) is 0. The summed E-state index contributed by atoms with van der Waals surface area (Å²) < 4.78 is 5.01. The van der Waals surface area contributed by atoms with Crippen molar-refractivity contribution < 1.29 is 14.5 Å². The van der Waals surface area contributed by atoms with Crippen molar-refractivity contribution in [2.75, 3.05) is 5.32 Å². The summed E-state index contributed by atoms with van der Waals surface area (Å²) >= 11 is 0. The predicted octanol–water partition coefficient (Wildman–Crippen LogP) is 2.74. The summed E-state index contributed by atoms with van der Waals surface area (Å²) in [5.74, 6) is 0. The minimum Gasteiger partial charge on any atom is -0.444 e. The van der Waals surface area contributed by atoms with Crippen LogP contribution in [0.2, 0.25) is 0 Å². The van der Waals surface area contributed by atoms with Gasteiger partial charge in [0.1, 0.15) is 5.60 Å². The van der Waals surface area contributed by atoms with E-state index in [1.807, 2.05) is 0 Å². The van der Waals surface area contributed by atoms with E-state index in [0.29, 0.717) is 0 Å². The van der Waals surface area contributed by atoms with Crippen LogP contribution in [0.5, 0.6) is 0 Å². The van der Waals surface area contributed by atoms with E-state index in [4.69, 9.17) is 4.74 Å². The van der Waals surface area contributed by atoms with Crippen molar-refractivity contribution in [3.63, 3.8) is 0 Å². The van der Waals surface area contributed by atoms with Gasteiger partial charge in [0.2, 0.25) is 0 Å². The van der Waals surface area contributed by atoms with Crippen LogP contribution in [0.15, 0.2) is 18.2 Å². The molecule has 6 heteroatoms. The summed E-state index contributed by atoms with van der Waals surface area (Å²) in [4.78, 5) is 21.3. The zero-order chi connectivity index (χ0) is 13.1. The first-order valence-corrected chi connectivity index (χ1v) is 4.93. The average Bonchev–Trinajstić information content (AvgIpc) is 2.14. The molecule has 0 saturated heterocycles. The Bertz CT molecular complexity index is 437. The van der Waals surface area contributed by atoms with Crippen molar-refractivity contribution in [3.05, 3.63) is 34.4 Å². The van der Waals surface area contributed by atoms with Gasteiger partial charge >= 0.3 is 6.09 Å². The molecule has 1 amide bonds. The fraction of sp³-hybridized carbons (Fsp3) is 0.364. The number of carbonyl (C=O) groups excluding carboxylic acids is 1. The van der Waals surface area contributed by atoms with Crippen LogP contribution in [0.1, 0.15) is 20.8 Å². The van der Waals surface area contributed by atoms with Crippen molar-refractivity contribution in [2.45, 2.75) is 26.4 Å². The van der Waals surface area contributed by atoms with E-state index >= 15 is 0 Å². The predicted molar refractivity (Wildman–Crippen MR) is 61.8 cm³/mol. The van der Waals surface area contributed by atoms with Gasteiger partial charge in [-0.05, 0) is 32.9 Å². The summed E-state index contributed by atoms with van der Waals surface area (Å²) in [6, 6.07) is 6.45.